The Kier molecular flexibility index (Phi) is 16.4. The summed E-state index contributed by atoms with van der Waals surface area (Å²) >= 11 is 0. The van der Waals surface area contributed by atoms with Gasteiger partial charge in [-0.25, -0.2) is 0 Å². The average Bonchev–Trinajstić information content (AvgIpc) is 3.00. The molecule has 3 rings (SSSR count). The second-order valence-corrected chi connectivity index (χ2v) is 12.5. The zero-order valence-electron chi connectivity index (χ0n) is 26.7. The smallest absolute Gasteiger partial charge is 0.124 e. The lowest BCUT2D eigenvalue weighted by Gasteiger charge is -2.25. The van der Waals surface area contributed by atoms with Gasteiger partial charge in [-0.2, -0.15) is 0 Å². The minimum absolute atomic E-state index is 0.0965. The maximum atomic E-state index is 10.5. The first-order valence-corrected chi connectivity index (χ1v) is 17.3. The molecule has 4 heteroatoms. The molecule has 0 aromatic heterocycles. The molecule has 0 bridgehead atoms. The monoisotopic (exact) mass is 574 g/mol. The van der Waals surface area contributed by atoms with Crippen LogP contribution in [0.3, 0.4) is 0 Å². The molecular weight excluding hydrogens is 516 g/mol. The van der Waals surface area contributed by atoms with Crippen LogP contribution in [0.4, 0.5) is 0 Å². The predicted molar refractivity (Wildman–Crippen MR) is 181 cm³/mol. The Morgan fingerprint density at radius 1 is 0.571 bits per heavy atom. The van der Waals surface area contributed by atoms with Gasteiger partial charge in [0.15, 0.2) is 0 Å². The van der Waals surface area contributed by atoms with Crippen molar-refractivity contribution in [3.63, 3.8) is 0 Å². The van der Waals surface area contributed by atoms with E-state index < -0.39 is 0 Å². The second-order valence-electron chi connectivity index (χ2n) is 12.5. The average molecular weight is 575 g/mol. The quantitative estimate of drug-likeness (QED) is 0.122. The summed E-state index contributed by atoms with van der Waals surface area (Å²) in [5.74, 6) is 0.584. The Morgan fingerprint density at radius 3 is 1.36 bits per heavy atom. The highest BCUT2D eigenvalue weighted by Crippen LogP contribution is 2.26. The molecule has 0 saturated heterocycles. The lowest BCUT2D eigenvalue weighted by atomic mass is 9.91. The number of aliphatic imine (C=N–C) groups is 2. The highest BCUT2D eigenvalue weighted by Gasteiger charge is 2.23. The highest BCUT2D eigenvalue weighted by molar-refractivity contribution is 5.84. The third kappa shape index (κ3) is 12.7. The van der Waals surface area contributed by atoms with Crippen molar-refractivity contribution < 1.29 is 10.2 Å². The molecule has 2 N–H and O–H groups in total. The van der Waals surface area contributed by atoms with E-state index in [0.29, 0.717) is 11.5 Å². The largest absolute Gasteiger partial charge is 0.507 e. The van der Waals surface area contributed by atoms with Crippen LogP contribution >= 0.6 is 0 Å². The van der Waals surface area contributed by atoms with Gasteiger partial charge in [0.1, 0.15) is 11.5 Å². The SMILES string of the molecule is CCCCCCCCCc1ccc(O)c(C=N[C@H]2CCCC[C@@H]2N=Cc2cc(CCCCCCCCC)ccc2O)c1. The van der Waals surface area contributed by atoms with Crippen LogP contribution in [-0.4, -0.2) is 34.7 Å². The van der Waals surface area contributed by atoms with Gasteiger partial charge in [-0.3, -0.25) is 9.98 Å². The summed E-state index contributed by atoms with van der Waals surface area (Å²) in [4.78, 5) is 9.89. The number of hydrogen-bond donors (Lipinski definition) is 2. The van der Waals surface area contributed by atoms with E-state index in [1.807, 2.05) is 36.7 Å². The third-order valence-corrected chi connectivity index (χ3v) is 8.83. The number of phenols is 2. The van der Waals surface area contributed by atoms with Gasteiger partial charge >= 0.3 is 0 Å². The molecule has 232 valence electrons. The zero-order chi connectivity index (χ0) is 29.8. The van der Waals surface area contributed by atoms with E-state index in [0.717, 1.165) is 49.7 Å². The molecule has 1 aliphatic rings. The minimum atomic E-state index is 0.0965. The van der Waals surface area contributed by atoms with Crippen molar-refractivity contribution >= 4 is 12.4 Å². The van der Waals surface area contributed by atoms with Gasteiger partial charge < -0.3 is 10.2 Å². The van der Waals surface area contributed by atoms with E-state index in [4.69, 9.17) is 9.98 Å². The molecule has 1 fully saturated rings. The normalized spacial score (nSPS) is 17.5. The summed E-state index contributed by atoms with van der Waals surface area (Å²) in [6, 6.07) is 12.1. The summed E-state index contributed by atoms with van der Waals surface area (Å²) < 4.78 is 0. The molecule has 0 radical (unpaired) electrons. The third-order valence-electron chi connectivity index (χ3n) is 8.83. The topological polar surface area (TPSA) is 65.2 Å². The molecule has 0 amide bonds. The van der Waals surface area contributed by atoms with Crippen molar-refractivity contribution in [1.29, 1.82) is 0 Å². The lowest BCUT2D eigenvalue weighted by molar-refractivity contribution is 0.390. The van der Waals surface area contributed by atoms with Crippen molar-refractivity contribution in [1.82, 2.24) is 0 Å². The standard InChI is InChI=1S/C38H58N2O2/c1-3-5-7-9-11-13-15-19-31-23-25-37(41)33(27-31)29-39-35-21-17-18-22-36(35)40-30-34-28-32(24-26-38(34)42)20-16-14-12-10-8-6-4-2/h23-30,35-36,41-42H,3-22H2,1-2H3/t35-,36-/m0/s1. The van der Waals surface area contributed by atoms with E-state index >= 15 is 0 Å². The zero-order valence-corrected chi connectivity index (χ0v) is 26.7. The van der Waals surface area contributed by atoms with E-state index in [2.05, 4.69) is 26.0 Å². The van der Waals surface area contributed by atoms with Crippen LogP contribution in [-0.2, 0) is 12.8 Å². The maximum Gasteiger partial charge on any atom is 0.124 e. The number of rotatable bonds is 20. The Labute approximate surface area is 256 Å². The fraction of sp³-hybridized carbons (Fsp3) is 0.632. The fourth-order valence-electron chi connectivity index (χ4n) is 6.09. The molecule has 1 aliphatic carbocycles. The van der Waals surface area contributed by atoms with Gasteiger partial charge in [0.05, 0.1) is 12.1 Å². The summed E-state index contributed by atoms with van der Waals surface area (Å²) in [6.07, 6.45) is 28.4. The van der Waals surface area contributed by atoms with Crippen LogP contribution < -0.4 is 0 Å². The van der Waals surface area contributed by atoms with E-state index in [9.17, 15) is 10.2 Å². The van der Waals surface area contributed by atoms with Gasteiger partial charge in [-0.1, -0.05) is 116 Å². The van der Waals surface area contributed by atoms with Crippen molar-refractivity contribution in [3.05, 3.63) is 58.7 Å². The van der Waals surface area contributed by atoms with Gasteiger partial charge in [-0.15, -0.1) is 0 Å². The Balaban J connectivity index is 1.54. The maximum absolute atomic E-state index is 10.5. The van der Waals surface area contributed by atoms with Gasteiger partial charge in [0, 0.05) is 23.6 Å². The predicted octanol–water partition coefficient (Wildman–Crippen LogP) is 10.5. The Hall–Kier alpha value is -2.62. The van der Waals surface area contributed by atoms with Crippen molar-refractivity contribution in [3.8, 4) is 11.5 Å². The van der Waals surface area contributed by atoms with Crippen LogP contribution in [0, 0.1) is 0 Å². The van der Waals surface area contributed by atoms with Gasteiger partial charge in [-0.05, 0) is 73.9 Å². The first-order chi connectivity index (χ1) is 20.6. The molecule has 2 aromatic rings. The number of hydrogen-bond acceptors (Lipinski definition) is 4. The summed E-state index contributed by atoms with van der Waals surface area (Å²) in [5.41, 5.74) is 4.15. The summed E-state index contributed by atoms with van der Waals surface area (Å²) in [6.45, 7) is 4.52. The summed E-state index contributed by atoms with van der Waals surface area (Å²) in [7, 11) is 0. The second kappa shape index (κ2) is 20.3. The lowest BCUT2D eigenvalue weighted by Crippen LogP contribution is -2.27. The molecule has 0 heterocycles. The fourth-order valence-corrected chi connectivity index (χ4v) is 6.09. The number of aryl methyl sites for hydroxylation is 2. The first-order valence-electron chi connectivity index (χ1n) is 17.3. The molecule has 2 atom stereocenters. The number of aromatic hydroxyl groups is 2. The number of phenolic OH excluding ortho intramolecular Hbond substituents is 2. The minimum Gasteiger partial charge on any atom is -0.507 e. The van der Waals surface area contributed by atoms with Gasteiger partial charge in [0.2, 0.25) is 0 Å². The van der Waals surface area contributed by atoms with E-state index in [1.165, 1.54) is 101 Å². The van der Waals surface area contributed by atoms with Crippen LogP contribution in [0.2, 0.25) is 0 Å². The molecule has 0 spiro atoms. The Morgan fingerprint density at radius 2 is 0.952 bits per heavy atom. The molecule has 2 aromatic carbocycles. The summed E-state index contributed by atoms with van der Waals surface area (Å²) in [5, 5.41) is 21.0. The van der Waals surface area contributed by atoms with Crippen LogP contribution in [0.1, 0.15) is 152 Å². The van der Waals surface area contributed by atoms with Crippen molar-refractivity contribution in [2.75, 3.05) is 0 Å². The molecule has 42 heavy (non-hydrogen) atoms. The van der Waals surface area contributed by atoms with Gasteiger partial charge in [0.25, 0.3) is 0 Å². The Bertz CT molecular complexity index is 991. The number of nitrogens with zero attached hydrogens (tertiary/aromatic N) is 2. The number of benzene rings is 2. The molecular formula is C38H58N2O2. The van der Waals surface area contributed by atoms with E-state index in [1.54, 1.807) is 0 Å². The van der Waals surface area contributed by atoms with Crippen LogP contribution in [0.5, 0.6) is 11.5 Å². The molecule has 4 nitrogen and oxygen atoms in total. The first kappa shape index (κ1) is 33.9. The van der Waals surface area contributed by atoms with Crippen LogP contribution in [0.15, 0.2) is 46.4 Å². The van der Waals surface area contributed by atoms with Crippen LogP contribution in [0.25, 0.3) is 0 Å². The van der Waals surface area contributed by atoms with Crippen molar-refractivity contribution in [2.45, 2.75) is 154 Å². The highest BCUT2D eigenvalue weighted by atomic mass is 16.3. The molecule has 0 unspecified atom stereocenters. The molecule has 1 saturated carbocycles. The number of unbranched alkanes of at least 4 members (excludes halogenated alkanes) is 12. The van der Waals surface area contributed by atoms with Crippen molar-refractivity contribution in [2.24, 2.45) is 9.98 Å². The molecule has 0 aliphatic heterocycles. The van der Waals surface area contributed by atoms with E-state index in [-0.39, 0.29) is 12.1 Å².